The van der Waals surface area contributed by atoms with Crippen LogP contribution < -0.4 is 0 Å². The molecule has 0 aromatic heterocycles. The maximum atomic E-state index is 13.5. The van der Waals surface area contributed by atoms with Crippen LogP contribution in [0.1, 0.15) is 114 Å². The number of esters is 1. The van der Waals surface area contributed by atoms with Gasteiger partial charge in [-0.3, -0.25) is 0 Å². The fourth-order valence-corrected chi connectivity index (χ4v) is 17.3. The number of aliphatic carboxylic acids is 1. The molecule has 0 bridgehead atoms. The summed E-state index contributed by atoms with van der Waals surface area (Å²) >= 11 is 0. The minimum Gasteiger partial charge on any atom is -0.479 e. The molecule has 9 aliphatic rings. The first-order chi connectivity index (χ1) is 39.7. The van der Waals surface area contributed by atoms with E-state index in [-0.39, 0.29) is 18.3 Å². The third-order valence-corrected chi connectivity index (χ3v) is 22.6. The van der Waals surface area contributed by atoms with Crippen LogP contribution in [0.5, 0.6) is 0 Å². The zero-order chi connectivity index (χ0) is 62.7. The van der Waals surface area contributed by atoms with Crippen LogP contribution in [0, 0.1) is 50.2 Å². The van der Waals surface area contributed by atoms with E-state index in [1.54, 1.807) is 19.9 Å². The summed E-state index contributed by atoms with van der Waals surface area (Å²) in [5, 5.41) is 168. The van der Waals surface area contributed by atoms with E-state index in [4.69, 9.17) is 42.6 Å². The van der Waals surface area contributed by atoms with Gasteiger partial charge in [0.2, 0.25) is 0 Å². The monoisotopic (exact) mass is 1220 g/mol. The number of hydrogen-bond donors (Lipinski definition) is 15. The van der Waals surface area contributed by atoms with Gasteiger partial charge in [-0.1, -0.05) is 66.2 Å². The quantitative estimate of drug-likeness (QED) is 0.0387. The fourth-order valence-electron chi connectivity index (χ4n) is 17.3. The molecule has 4 heterocycles. The van der Waals surface area contributed by atoms with Gasteiger partial charge in [0.25, 0.3) is 0 Å². The Balaban J connectivity index is 1.05. The number of hydrogen-bond acceptors (Lipinski definition) is 25. The standard InChI is InChI=1S/C59H94O26/c1-11-23(2)49(76)80-32-19-54(4,5)18-26-25-12-13-30-56(8)16-15-31(55(6,7)29(56)14-17-57(30,9)58(25,10)46(72)47(73)59(26,32)22-62)81-53-45(85-51-40(70)37(67)34(64)27(20-60)78-51)42(41(71)43(83-53)48(74)75)82-52-44(38(68)35(65)28(21-61)79-52)84-50-39(69)36(66)33(63)24(3)77-50/h11-12,24,26-47,50-53,60-73H,13-22H2,1-10H3,(H,74,75)/b23-11+/t24-,26-,27+,28+,29?,30?,31-,32-,33-,34+,35-,36+,37-,38-,39+,40+,41-,42-,43-,44+,45+,46-,47+,50-,51-,52-,53+,56-,57+,58-,59+/m0/s1. The van der Waals surface area contributed by atoms with Crippen LogP contribution in [0.25, 0.3) is 0 Å². The molecule has 0 aromatic carbocycles. The highest BCUT2D eigenvalue weighted by atomic mass is 16.8. The van der Waals surface area contributed by atoms with Crippen molar-refractivity contribution in [3.05, 3.63) is 23.3 Å². The second kappa shape index (κ2) is 24.3. The van der Waals surface area contributed by atoms with E-state index in [1.807, 2.05) is 20.8 Å². The molecule has 0 aromatic rings. The van der Waals surface area contributed by atoms with E-state index in [2.05, 4.69) is 33.8 Å². The van der Waals surface area contributed by atoms with Crippen LogP contribution in [-0.2, 0) is 52.2 Å². The Morgan fingerprint density at radius 1 is 0.612 bits per heavy atom. The summed E-state index contributed by atoms with van der Waals surface area (Å²) in [7, 11) is 0. The van der Waals surface area contributed by atoms with Crippen molar-refractivity contribution in [3.8, 4) is 0 Å². The smallest absolute Gasteiger partial charge is 0.335 e. The van der Waals surface area contributed by atoms with Crippen molar-refractivity contribution in [2.24, 2.45) is 50.2 Å². The Kier molecular flexibility index (Phi) is 19.1. The van der Waals surface area contributed by atoms with E-state index in [0.29, 0.717) is 44.1 Å². The molecule has 486 valence electrons. The molecule has 2 unspecified atom stereocenters. The number of carbonyl (C=O) groups is 2. The van der Waals surface area contributed by atoms with E-state index < -0.39 is 217 Å². The van der Waals surface area contributed by atoms with Gasteiger partial charge in [0, 0.05) is 11.0 Å². The van der Waals surface area contributed by atoms with Crippen molar-refractivity contribution in [3.63, 3.8) is 0 Å². The van der Waals surface area contributed by atoms with Crippen molar-refractivity contribution < 1.29 is 129 Å². The van der Waals surface area contributed by atoms with Crippen LogP contribution in [0.15, 0.2) is 23.3 Å². The number of carboxylic acid groups (broad SMARTS) is 1. The lowest BCUT2D eigenvalue weighted by molar-refractivity contribution is -0.406. The summed E-state index contributed by atoms with van der Waals surface area (Å²) in [5.41, 5.74) is -3.59. The van der Waals surface area contributed by atoms with Gasteiger partial charge < -0.3 is 119 Å². The number of aliphatic hydroxyl groups excluding tert-OH is 14. The highest BCUT2D eigenvalue weighted by Crippen LogP contribution is 2.76. The number of carboxylic acids is 1. The van der Waals surface area contributed by atoms with Gasteiger partial charge in [0.05, 0.1) is 49.7 Å². The molecule has 8 fully saturated rings. The molecule has 4 aliphatic heterocycles. The van der Waals surface area contributed by atoms with Crippen LogP contribution in [-0.4, -0.2) is 256 Å². The molecule has 4 saturated heterocycles. The first kappa shape index (κ1) is 66.9. The third kappa shape index (κ3) is 10.8. The van der Waals surface area contributed by atoms with E-state index in [9.17, 15) is 86.2 Å². The lowest BCUT2D eigenvalue weighted by Crippen LogP contribution is -2.74. The van der Waals surface area contributed by atoms with Gasteiger partial charge in [-0.2, -0.15) is 0 Å². The van der Waals surface area contributed by atoms with Crippen molar-refractivity contribution in [1.29, 1.82) is 0 Å². The van der Waals surface area contributed by atoms with E-state index in [1.165, 1.54) is 6.92 Å². The summed E-state index contributed by atoms with van der Waals surface area (Å²) in [6, 6.07) is 0. The maximum Gasteiger partial charge on any atom is 0.335 e. The van der Waals surface area contributed by atoms with Crippen LogP contribution >= 0.6 is 0 Å². The Hall–Kier alpha value is -2.46. The minimum atomic E-state index is -2.29. The Labute approximate surface area is 494 Å². The van der Waals surface area contributed by atoms with Crippen LogP contribution in [0.3, 0.4) is 0 Å². The summed E-state index contributed by atoms with van der Waals surface area (Å²) in [4.78, 5) is 26.7. The number of carbonyl (C=O) groups excluding carboxylic acids is 1. The summed E-state index contributed by atoms with van der Waals surface area (Å²) in [6.07, 6.45) is -35.6. The maximum absolute atomic E-state index is 13.5. The van der Waals surface area contributed by atoms with E-state index >= 15 is 0 Å². The Morgan fingerprint density at radius 3 is 1.78 bits per heavy atom. The Bertz CT molecular complexity index is 2460. The van der Waals surface area contributed by atoms with Crippen molar-refractivity contribution in [2.75, 3.05) is 19.8 Å². The summed E-state index contributed by atoms with van der Waals surface area (Å²) in [5.74, 6) is -3.08. The minimum absolute atomic E-state index is 0.129. The normalized spacial score (nSPS) is 52.4. The Morgan fingerprint density at radius 2 is 1.18 bits per heavy atom. The highest BCUT2D eigenvalue weighted by Gasteiger charge is 2.75. The predicted octanol–water partition coefficient (Wildman–Crippen LogP) is -2.01. The molecule has 85 heavy (non-hydrogen) atoms. The first-order valence-corrected chi connectivity index (χ1v) is 30.0. The second-order valence-corrected chi connectivity index (χ2v) is 27.9. The highest BCUT2D eigenvalue weighted by molar-refractivity contribution is 5.87. The molecule has 26 heteroatoms. The van der Waals surface area contributed by atoms with Crippen molar-refractivity contribution in [2.45, 2.75) is 261 Å². The lowest BCUT2D eigenvalue weighted by atomic mass is 9.32. The largest absolute Gasteiger partial charge is 0.479 e. The fraction of sp³-hybridized carbons (Fsp3) is 0.898. The van der Waals surface area contributed by atoms with Crippen molar-refractivity contribution in [1.82, 2.24) is 0 Å². The predicted molar refractivity (Wildman–Crippen MR) is 289 cm³/mol. The topological polar surface area (TPSA) is 421 Å². The SMILES string of the molecule is C/C=C(\C)C(=O)O[C@H]1CC(C)(C)C[C@H]2C3=CCC4[C@@]5(C)CC[C@H](O[C@@H]6O[C@H](C(=O)O)[C@@H](O)[C@H](O[C@@H]7O[C@H](CO)[C@H](O)[C@H](O)[C@H]7O[C@@H]7O[C@@H](C)[C@H](O)[C@@H](O)[C@H]7O)[C@H]6O[C@@H]6O[C@H](CO)[C@@H](O)[C@H](O)[C@H]6O)C(C)(C)C5CC[C@@]4(C)[C@]3(C)[C@@H](O)[C@@H](O)[C@@]12CO. The number of rotatable bonds is 14. The molecule has 26 nitrogen and oxygen atoms in total. The van der Waals surface area contributed by atoms with Crippen molar-refractivity contribution >= 4 is 11.9 Å². The number of fused-ring (bicyclic) bond motifs is 7. The molecule has 15 N–H and O–H groups in total. The molecule has 0 radical (unpaired) electrons. The lowest BCUT2D eigenvalue weighted by Gasteiger charge is -2.73. The number of ether oxygens (including phenoxy) is 9. The molecular formula is C59H94O26. The molecule has 0 spiro atoms. The summed E-state index contributed by atoms with van der Waals surface area (Å²) < 4.78 is 55.3. The first-order valence-electron chi connectivity index (χ1n) is 30.0. The average Bonchev–Trinajstić information content (AvgIpc) is 0.703. The van der Waals surface area contributed by atoms with Crippen LogP contribution in [0.2, 0.25) is 0 Å². The molecule has 5 aliphatic carbocycles. The average molecular weight is 1220 g/mol. The molecule has 31 atom stereocenters. The van der Waals surface area contributed by atoms with Gasteiger partial charge in [0.1, 0.15) is 91.6 Å². The molecule has 9 rings (SSSR count). The van der Waals surface area contributed by atoms with Gasteiger partial charge in [-0.15, -0.1) is 0 Å². The van der Waals surface area contributed by atoms with Gasteiger partial charge in [-0.25, -0.2) is 9.59 Å². The van der Waals surface area contributed by atoms with Gasteiger partial charge in [0.15, 0.2) is 31.3 Å². The van der Waals surface area contributed by atoms with E-state index in [0.717, 1.165) is 5.57 Å². The molecular weight excluding hydrogens is 1120 g/mol. The molecule has 0 amide bonds. The number of allylic oxidation sites excluding steroid dienone is 2. The second-order valence-electron chi connectivity index (χ2n) is 27.9. The zero-order valence-electron chi connectivity index (χ0n) is 50.0. The van der Waals surface area contributed by atoms with Gasteiger partial charge >= 0.3 is 11.9 Å². The zero-order valence-corrected chi connectivity index (χ0v) is 50.0. The van der Waals surface area contributed by atoms with Crippen LogP contribution in [0.4, 0.5) is 0 Å². The van der Waals surface area contributed by atoms with Gasteiger partial charge in [-0.05, 0) is 105 Å². The third-order valence-electron chi connectivity index (χ3n) is 22.6. The molecule has 4 saturated carbocycles. The number of aliphatic hydroxyl groups is 14. The summed E-state index contributed by atoms with van der Waals surface area (Å²) in [6.45, 7) is 16.9.